The minimum absolute atomic E-state index is 0.0156. The molecule has 0 aliphatic carbocycles. The number of nitrogens with one attached hydrogen (secondary N) is 1. The van der Waals surface area contributed by atoms with Gasteiger partial charge in [0.25, 0.3) is 0 Å². The minimum atomic E-state index is 0.0156. The molecule has 2 aromatic rings. The van der Waals surface area contributed by atoms with E-state index in [1.807, 2.05) is 29.8 Å². The molecule has 1 fully saturated rings. The summed E-state index contributed by atoms with van der Waals surface area (Å²) < 4.78 is 13.3. The lowest BCUT2D eigenvalue weighted by molar-refractivity contribution is -0.121. The minimum Gasteiger partial charge on any atom is -0.454 e. The fourth-order valence-corrected chi connectivity index (χ4v) is 4.30. The van der Waals surface area contributed by atoms with Crippen LogP contribution in [-0.2, 0) is 11.5 Å². The number of ether oxygens (including phenoxy) is 2. The standard InChI is InChI=1S/C17H20N4O3S2/c1-11-19-21(17(25)26-11)9-20-6-4-12(5-7-20)16(22)18-13-2-3-14-15(8-13)24-10-23-14/h2-3,8,12H,4-7,9-10H2,1H3,(H,18,22). The summed E-state index contributed by atoms with van der Waals surface area (Å²) in [7, 11) is 0. The first kappa shape index (κ1) is 17.4. The first-order valence-corrected chi connectivity index (χ1v) is 9.78. The fourth-order valence-electron chi connectivity index (χ4n) is 3.24. The van der Waals surface area contributed by atoms with Crippen molar-refractivity contribution in [1.82, 2.24) is 14.7 Å². The molecule has 1 aromatic carbocycles. The van der Waals surface area contributed by atoms with Gasteiger partial charge in [-0.1, -0.05) is 11.3 Å². The zero-order chi connectivity index (χ0) is 18.1. The second kappa shape index (κ2) is 7.34. The Morgan fingerprint density at radius 3 is 2.85 bits per heavy atom. The van der Waals surface area contributed by atoms with Crippen molar-refractivity contribution in [2.24, 2.45) is 5.92 Å². The van der Waals surface area contributed by atoms with Gasteiger partial charge in [-0.25, -0.2) is 4.68 Å². The fraction of sp³-hybridized carbons (Fsp3) is 0.471. The Bertz CT molecular complexity index is 871. The number of nitrogens with zero attached hydrogens (tertiary/aromatic N) is 3. The Kier molecular flexibility index (Phi) is 4.92. The topological polar surface area (TPSA) is 68.6 Å². The van der Waals surface area contributed by atoms with Crippen LogP contribution in [0.4, 0.5) is 5.69 Å². The maximum atomic E-state index is 12.6. The summed E-state index contributed by atoms with van der Waals surface area (Å²) in [5.41, 5.74) is 0.742. The van der Waals surface area contributed by atoms with E-state index in [4.69, 9.17) is 21.7 Å². The Morgan fingerprint density at radius 2 is 2.12 bits per heavy atom. The van der Waals surface area contributed by atoms with Crippen LogP contribution < -0.4 is 14.8 Å². The van der Waals surface area contributed by atoms with E-state index in [2.05, 4.69) is 15.3 Å². The number of fused-ring (bicyclic) bond motifs is 1. The van der Waals surface area contributed by atoms with E-state index in [0.29, 0.717) is 18.2 Å². The summed E-state index contributed by atoms with van der Waals surface area (Å²) in [4.78, 5) is 14.8. The molecule has 1 saturated heterocycles. The number of hydrogen-bond donors (Lipinski definition) is 1. The molecule has 1 N–H and O–H groups in total. The van der Waals surface area contributed by atoms with E-state index in [9.17, 15) is 4.79 Å². The molecular weight excluding hydrogens is 372 g/mol. The molecule has 0 atom stereocenters. The van der Waals surface area contributed by atoms with Gasteiger partial charge in [0.1, 0.15) is 5.01 Å². The van der Waals surface area contributed by atoms with Crippen LogP contribution in [0.15, 0.2) is 18.2 Å². The normalized spacial score (nSPS) is 17.4. The average Bonchev–Trinajstić information content (AvgIpc) is 3.21. The molecular formula is C17H20N4O3S2. The molecule has 3 heterocycles. The van der Waals surface area contributed by atoms with Gasteiger partial charge in [-0.3, -0.25) is 9.69 Å². The number of amides is 1. The van der Waals surface area contributed by atoms with Gasteiger partial charge in [-0.2, -0.15) is 5.10 Å². The molecule has 26 heavy (non-hydrogen) atoms. The van der Waals surface area contributed by atoms with Crippen LogP contribution >= 0.6 is 23.6 Å². The molecule has 0 spiro atoms. The molecule has 4 rings (SSSR count). The number of carbonyl (C=O) groups excluding carboxylic acids is 1. The monoisotopic (exact) mass is 392 g/mol. The van der Waals surface area contributed by atoms with Crippen LogP contribution in [0.1, 0.15) is 17.8 Å². The van der Waals surface area contributed by atoms with E-state index < -0.39 is 0 Å². The number of piperidine rings is 1. The summed E-state index contributed by atoms with van der Waals surface area (Å²) in [5, 5.41) is 8.40. The Morgan fingerprint density at radius 1 is 1.35 bits per heavy atom. The number of anilines is 1. The second-order valence-electron chi connectivity index (χ2n) is 6.48. The molecule has 1 amide bonds. The van der Waals surface area contributed by atoms with Crippen LogP contribution in [0, 0.1) is 16.8 Å². The van der Waals surface area contributed by atoms with Gasteiger partial charge >= 0.3 is 0 Å². The first-order chi connectivity index (χ1) is 12.6. The summed E-state index contributed by atoms with van der Waals surface area (Å²) in [6.07, 6.45) is 1.65. The second-order valence-corrected chi connectivity index (χ2v) is 8.30. The molecule has 0 unspecified atom stereocenters. The molecule has 138 valence electrons. The highest BCUT2D eigenvalue weighted by Gasteiger charge is 2.26. The van der Waals surface area contributed by atoms with E-state index in [1.54, 1.807) is 0 Å². The van der Waals surface area contributed by atoms with E-state index in [1.165, 1.54) is 11.3 Å². The van der Waals surface area contributed by atoms with E-state index >= 15 is 0 Å². The summed E-state index contributed by atoms with van der Waals surface area (Å²) in [6, 6.07) is 5.47. The largest absolute Gasteiger partial charge is 0.454 e. The molecule has 7 nitrogen and oxygen atoms in total. The maximum absolute atomic E-state index is 12.6. The van der Waals surface area contributed by atoms with Gasteiger partial charge in [-0.05, 0) is 44.1 Å². The first-order valence-electron chi connectivity index (χ1n) is 8.56. The van der Waals surface area contributed by atoms with E-state index in [-0.39, 0.29) is 18.6 Å². The van der Waals surface area contributed by atoms with Gasteiger partial charge < -0.3 is 14.8 Å². The predicted molar refractivity (Wildman–Crippen MR) is 101 cm³/mol. The number of aromatic nitrogens is 2. The molecule has 0 bridgehead atoms. The number of likely N-dealkylation sites (tertiary alicyclic amines) is 1. The zero-order valence-corrected chi connectivity index (χ0v) is 16.1. The van der Waals surface area contributed by atoms with Gasteiger partial charge in [-0.15, -0.1) is 0 Å². The number of hydrogen-bond acceptors (Lipinski definition) is 7. The average molecular weight is 393 g/mol. The van der Waals surface area contributed by atoms with Crippen molar-refractivity contribution >= 4 is 35.1 Å². The van der Waals surface area contributed by atoms with Crippen LogP contribution in [0.3, 0.4) is 0 Å². The Balaban J connectivity index is 1.30. The Labute approximate surface area is 160 Å². The van der Waals surface area contributed by atoms with Gasteiger partial charge in [0.05, 0.1) is 6.67 Å². The molecule has 9 heteroatoms. The molecule has 0 saturated carbocycles. The lowest BCUT2D eigenvalue weighted by atomic mass is 9.96. The van der Waals surface area contributed by atoms with Crippen molar-refractivity contribution in [2.75, 3.05) is 25.2 Å². The lowest BCUT2D eigenvalue weighted by Gasteiger charge is -2.30. The van der Waals surface area contributed by atoms with Gasteiger partial charge in [0, 0.05) is 30.8 Å². The van der Waals surface area contributed by atoms with Gasteiger partial charge in [0.2, 0.25) is 12.7 Å². The number of benzene rings is 1. The summed E-state index contributed by atoms with van der Waals surface area (Å²) in [6.45, 7) is 4.60. The van der Waals surface area contributed by atoms with Crippen LogP contribution in [-0.4, -0.2) is 40.5 Å². The number of aryl methyl sites for hydroxylation is 1. The summed E-state index contributed by atoms with van der Waals surface area (Å²) >= 11 is 6.85. The molecule has 2 aliphatic heterocycles. The zero-order valence-electron chi connectivity index (χ0n) is 14.4. The van der Waals surface area contributed by atoms with Crippen molar-refractivity contribution in [3.05, 3.63) is 27.2 Å². The molecule has 2 aliphatic rings. The van der Waals surface area contributed by atoms with Gasteiger partial charge in [0.15, 0.2) is 15.5 Å². The van der Waals surface area contributed by atoms with Crippen LogP contribution in [0.5, 0.6) is 11.5 Å². The third-order valence-corrected chi connectivity index (χ3v) is 5.86. The van der Waals surface area contributed by atoms with Crippen LogP contribution in [0.2, 0.25) is 0 Å². The van der Waals surface area contributed by atoms with Crippen molar-refractivity contribution in [3.63, 3.8) is 0 Å². The highest BCUT2D eigenvalue weighted by molar-refractivity contribution is 7.73. The predicted octanol–water partition coefficient (Wildman–Crippen LogP) is 3.02. The van der Waals surface area contributed by atoms with E-state index in [0.717, 1.165) is 40.6 Å². The van der Waals surface area contributed by atoms with Crippen molar-refractivity contribution in [1.29, 1.82) is 0 Å². The number of rotatable bonds is 4. The highest BCUT2D eigenvalue weighted by Crippen LogP contribution is 2.34. The van der Waals surface area contributed by atoms with Crippen molar-refractivity contribution in [2.45, 2.75) is 26.4 Å². The van der Waals surface area contributed by atoms with Crippen LogP contribution in [0.25, 0.3) is 0 Å². The van der Waals surface area contributed by atoms with Crippen molar-refractivity contribution < 1.29 is 14.3 Å². The number of carbonyl (C=O) groups is 1. The third-order valence-electron chi connectivity index (χ3n) is 4.64. The molecule has 0 radical (unpaired) electrons. The summed E-state index contributed by atoms with van der Waals surface area (Å²) in [5.74, 6) is 1.46. The Hall–Kier alpha value is -1.97. The molecule has 1 aromatic heterocycles. The maximum Gasteiger partial charge on any atom is 0.231 e. The quantitative estimate of drug-likeness (QED) is 0.807. The third kappa shape index (κ3) is 3.74. The smallest absolute Gasteiger partial charge is 0.231 e. The van der Waals surface area contributed by atoms with Crippen molar-refractivity contribution in [3.8, 4) is 11.5 Å². The SMILES string of the molecule is Cc1nn(CN2CCC(C(=O)Nc3ccc4c(c3)OCO4)CC2)c(=S)s1. The lowest BCUT2D eigenvalue weighted by Crippen LogP contribution is -2.39. The highest BCUT2D eigenvalue weighted by atomic mass is 32.1.